The van der Waals surface area contributed by atoms with Crippen molar-refractivity contribution in [1.29, 1.82) is 0 Å². The summed E-state index contributed by atoms with van der Waals surface area (Å²) in [7, 11) is 0. The lowest BCUT2D eigenvalue weighted by Gasteiger charge is -2.30. The highest BCUT2D eigenvalue weighted by atomic mass is 32.1. The van der Waals surface area contributed by atoms with E-state index in [-0.39, 0.29) is 55.4 Å². The molecule has 0 radical (unpaired) electrons. The first-order valence-corrected chi connectivity index (χ1v) is 26.9. The van der Waals surface area contributed by atoms with Gasteiger partial charge in [0.2, 0.25) is 47.3 Å². The normalized spacial score (nSPS) is 15.2. The topological polar surface area (TPSA) is 337 Å². The summed E-state index contributed by atoms with van der Waals surface area (Å²) < 4.78 is 0. The van der Waals surface area contributed by atoms with Gasteiger partial charge in [0, 0.05) is 25.0 Å². The molecular formula is C56H81N9O12S. The van der Waals surface area contributed by atoms with Gasteiger partial charge >= 0.3 is 5.97 Å². The lowest BCUT2D eigenvalue weighted by Crippen LogP contribution is -2.62. The van der Waals surface area contributed by atoms with Crippen LogP contribution in [0.1, 0.15) is 91.8 Å². The molecule has 3 aromatic carbocycles. The highest BCUT2D eigenvalue weighted by Crippen LogP contribution is 2.16. The zero-order chi connectivity index (χ0) is 58.4. The maximum absolute atomic E-state index is 14.4. The fourth-order valence-corrected chi connectivity index (χ4v) is 8.45. The van der Waals surface area contributed by atoms with Crippen LogP contribution in [0.5, 0.6) is 5.75 Å². The Hall–Kier alpha value is -7.04. The van der Waals surface area contributed by atoms with Crippen molar-refractivity contribution in [2.75, 3.05) is 5.75 Å². The quantitative estimate of drug-likeness (QED) is 0.0406. The number of aliphatic hydroxyl groups excluding tert-OH is 1. The molecule has 0 saturated carbocycles. The minimum Gasteiger partial charge on any atom is -0.508 e. The molecule has 3 aromatic rings. The highest BCUT2D eigenvalue weighted by molar-refractivity contribution is 7.80. The van der Waals surface area contributed by atoms with Gasteiger partial charge in [-0.2, -0.15) is 12.6 Å². The lowest BCUT2D eigenvalue weighted by atomic mass is 9.98. The SMILES string of the molecule is CC(C)C[C@H](NC(=O)[C@H](CC(C)C)NC(=O)[C@H](Cc1ccccc1)NC(=O)[C@H](CS)NC(=O)[C@H](Cc1ccccc1)NC(=O)[C@@H](NC(=O)[C@H](Cc1ccc(O)cc1)NC(=O)[C@@H](NC(=O)[C@@H](N)[C@@H](C)O)C(C)C)C(C)C)C(=O)O. The Bertz CT molecular complexity index is 2460. The second-order valence-electron chi connectivity index (χ2n) is 21.1. The molecule has 22 heteroatoms. The molecular weight excluding hydrogens is 1020 g/mol. The summed E-state index contributed by atoms with van der Waals surface area (Å²) in [6, 6.07) is 11.6. The Kier molecular flexibility index (Phi) is 26.8. The second-order valence-corrected chi connectivity index (χ2v) is 21.5. The minimum atomic E-state index is -1.39. The van der Waals surface area contributed by atoms with Crippen LogP contribution in [-0.2, 0) is 62.4 Å². The van der Waals surface area contributed by atoms with E-state index in [2.05, 4.69) is 55.2 Å². The van der Waals surface area contributed by atoms with Crippen LogP contribution in [0.4, 0.5) is 0 Å². The molecule has 13 N–H and O–H groups in total. The average Bonchev–Trinajstić information content (AvgIpc) is 3.37. The van der Waals surface area contributed by atoms with Gasteiger partial charge in [0.1, 0.15) is 60.1 Å². The number of aliphatic carboxylic acids is 1. The van der Waals surface area contributed by atoms with Crippen LogP contribution in [0.15, 0.2) is 84.9 Å². The predicted molar refractivity (Wildman–Crippen MR) is 297 cm³/mol. The number of nitrogens with two attached hydrogens (primary N) is 1. The van der Waals surface area contributed by atoms with Crippen molar-refractivity contribution < 1.29 is 58.5 Å². The van der Waals surface area contributed by atoms with E-state index in [0.29, 0.717) is 16.7 Å². The molecule has 0 aromatic heterocycles. The smallest absolute Gasteiger partial charge is 0.326 e. The lowest BCUT2D eigenvalue weighted by molar-refractivity contribution is -0.143. The Morgan fingerprint density at radius 1 is 0.436 bits per heavy atom. The molecule has 3 rings (SSSR count). The van der Waals surface area contributed by atoms with Crippen LogP contribution in [0, 0.1) is 23.7 Å². The number of nitrogens with one attached hydrogen (secondary N) is 8. The number of amides is 8. The van der Waals surface area contributed by atoms with Crippen LogP contribution in [0.25, 0.3) is 0 Å². The van der Waals surface area contributed by atoms with Gasteiger partial charge in [0.15, 0.2) is 0 Å². The summed E-state index contributed by atoms with van der Waals surface area (Å²) in [5.41, 5.74) is 7.61. The zero-order valence-corrected chi connectivity index (χ0v) is 46.8. The number of carbonyl (C=O) groups excluding carboxylic acids is 8. The van der Waals surface area contributed by atoms with Gasteiger partial charge in [-0.1, -0.05) is 128 Å². The zero-order valence-electron chi connectivity index (χ0n) is 45.9. The number of carbonyl (C=O) groups is 9. The molecule has 0 heterocycles. The van der Waals surface area contributed by atoms with Crippen LogP contribution in [0.3, 0.4) is 0 Å². The number of phenolic OH excluding ortho intramolecular Hbond substituents is 1. The van der Waals surface area contributed by atoms with Crippen LogP contribution in [0.2, 0.25) is 0 Å². The highest BCUT2D eigenvalue weighted by Gasteiger charge is 2.37. The van der Waals surface area contributed by atoms with E-state index in [4.69, 9.17) is 5.73 Å². The molecule has 0 bridgehead atoms. The Balaban J connectivity index is 1.93. The van der Waals surface area contributed by atoms with Gasteiger partial charge in [-0.3, -0.25) is 38.4 Å². The van der Waals surface area contributed by atoms with Crippen molar-refractivity contribution in [2.24, 2.45) is 29.4 Å². The first-order chi connectivity index (χ1) is 36.7. The van der Waals surface area contributed by atoms with Crippen LogP contribution < -0.4 is 48.3 Å². The number of rotatable bonds is 31. The van der Waals surface area contributed by atoms with Crippen molar-refractivity contribution in [3.8, 4) is 5.75 Å². The summed E-state index contributed by atoms with van der Waals surface area (Å²) in [6.45, 7) is 15.2. The average molecular weight is 1100 g/mol. The molecule has 428 valence electrons. The van der Waals surface area contributed by atoms with Gasteiger partial charge in [-0.15, -0.1) is 0 Å². The van der Waals surface area contributed by atoms with Gasteiger partial charge in [0.25, 0.3) is 0 Å². The first-order valence-electron chi connectivity index (χ1n) is 26.3. The summed E-state index contributed by atoms with van der Waals surface area (Å²) in [4.78, 5) is 124. The molecule has 10 atom stereocenters. The van der Waals surface area contributed by atoms with Gasteiger partial charge in [0.05, 0.1) is 6.10 Å². The van der Waals surface area contributed by atoms with E-state index < -0.39 is 126 Å². The fourth-order valence-electron chi connectivity index (χ4n) is 8.19. The molecule has 0 spiro atoms. The molecule has 0 fully saturated rings. The number of hydrogen-bond donors (Lipinski definition) is 13. The number of hydrogen-bond acceptors (Lipinski definition) is 13. The van der Waals surface area contributed by atoms with E-state index in [1.54, 1.807) is 100 Å². The molecule has 0 aliphatic heterocycles. The summed E-state index contributed by atoms with van der Waals surface area (Å²) in [5, 5.41) is 51.0. The van der Waals surface area contributed by atoms with Crippen molar-refractivity contribution in [3.63, 3.8) is 0 Å². The van der Waals surface area contributed by atoms with Gasteiger partial charge in [-0.05, 0) is 72.3 Å². The standard InChI is InChI=1S/C56H81N9O12S/c1-30(2)24-39(48(68)62-43(56(76)77)25-31(3)4)58-49(69)40(26-35-16-12-10-13-17-35)59-52(72)44(29-78)63-50(70)41(27-36-18-14-11-15-19-36)60-54(74)46(32(5)6)64-51(71)42(28-37-20-22-38(67)23-21-37)61-55(75)47(33(7)8)65-53(73)45(57)34(9)66/h10-23,30-34,39-47,66-67,78H,24-29,57H2,1-9H3,(H,58,69)(H,59,72)(H,60,74)(H,61,75)(H,62,68)(H,63,70)(H,64,71)(H,65,73)(H,76,77)/t34-,39+,40+,41+,42+,43+,44+,45+,46+,47+/m1/s1. The third kappa shape index (κ3) is 21.8. The van der Waals surface area contributed by atoms with E-state index in [9.17, 15) is 58.5 Å². The number of aromatic hydroxyl groups is 1. The second kappa shape index (κ2) is 32.0. The molecule has 78 heavy (non-hydrogen) atoms. The number of carboxylic acid groups (broad SMARTS) is 1. The van der Waals surface area contributed by atoms with Crippen molar-refractivity contribution >= 4 is 65.9 Å². The van der Waals surface area contributed by atoms with Gasteiger partial charge in [-0.25, -0.2) is 4.79 Å². The number of thiol groups is 1. The first kappa shape index (κ1) is 65.2. The molecule has 21 nitrogen and oxygen atoms in total. The minimum absolute atomic E-state index is 0.0468. The number of phenols is 1. The van der Waals surface area contributed by atoms with Crippen LogP contribution in [-0.4, -0.2) is 135 Å². The van der Waals surface area contributed by atoms with E-state index in [1.165, 1.54) is 19.1 Å². The fraction of sp³-hybridized carbons (Fsp3) is 0.518. The van der Waals surface area contributed by atoms with Gasteiger partial charge < -0.3 is 63.6 Å². The van der Waals surface area contributed by atoms with Crippen molar-refractivity contribution in [1.82, 2.24) is 42.5 Å². The molecule has 0 unspecified atom stereocenters. The van der Waals surface area contributed by atoms with E-state index >= 15 is 0 Å². The molecule has 0 aliphatic rings. The number of aliphatic hydroxyl groups is 1. The van der Waals surface area contributed by atoms with Crippen molar-refractivity contribution in [3.05, 3.63) is 102 Å². The Labute approximate surface area is 462 Å². The summed E-state index contributed by atoms with van der Waals surface area (Å²) in [5.74, 6) is -9.14. The maximum atomic E-state index is 14.4. The largest absolute Gasteiger partial charge is 0.508 e. The monoisotopic (exact) mass is 1100 g/mol. The Morgan fingerprint density at radius 3 is 1.14 bits per heavy atom. The Morgan fingerprint density at radius 2 is 0.756 bits per heavy atom. The molecule has 0 saturated heterocycles. The third-order valence-electron chi connectivity index (χ3n) is 12.6. The molecule has 0 aliphatic carbocycles. The molecule has 8 amide bonds. The summed E-state index contributed by atoms with van der Waals surface area (Å²) in [6.07, 6.45) is -1.20. The number of benzene rings is 3. The third-order valence-corrected chi connectivity index (χ3v) is 13.0. The van der Waals surface area contributed by atoms with Crippen molar-refractivity contribution in [2.45, 2.75) is 155 Å². The summed E-state index contributed by atoms with van der Waals surface area (Å²) >= 11 is 4.38. The van der Waals surface area contributed by atoms with E-state index in [0.717, 1.165) is 0 Å². The predicted octanol–water partition coefficient (Wildman–Crippen LogP) is 1.43. The van der Waals surface area contributed by atoms with Crippen LogP contribution >= 0.6 is 12.6 Å². The van der Waals surface area contributed by atoms with E-state index in [1.807, 2.05) is 27.7 Å². The number of carboxylic acids is 1. The maximum Gasteiger partial charge on any atom is 0.326 e.